The van der Waals surface area contributed by atoms with Gasteiger partial charge in [0, 0.05) is 18.0 Å². The van der Waals surface area contributed by atoms with Gasteiger partial charge in [0.25, 0.3) is 0 Å². The van der Waals surface area contributed by atoms with Gasteiger partial charge in [-0.05, 0) is 29.1 Å². The van der Waals surface area contributed by atoms with Crippen molar-refractivity contribution in [3.63, 3.8) is 0 Å². The maximum absolute atomic E-state index is 12.0. The first-order valence-corrected chi connectivity index (χ1v) is 8.58. The predicted octanol–water partition coefficient (Wildman–Crippen LogP) is 2.40. The molecule has 0 atom stereocenters. The minimum atomic E-state index is -3.46. The van der Waals surface area contributed by atoms with Gasteiger partial charge >= 0.3 is 0 Å². The van der Waals surface area contributed by atoms with E-state index in [-0.39, 0.29) is 10.8 Å². The van der Waals surface area contributed by atoms with Crippen molar-refractivity contribution in [1.29, 1.82) is 0 Å². The number of halogens is 1. The minimum Gasteiger partial charge on any atom is -0.326 e. The topological polar surface area (TPSA) is 72.2 Å². The van der Waals surface area contributed by atoms with Crippen molar-refractivity contribution in [2.24, 2.45) is 5.73 Å². The highest BCUT2D eigenvalue weighted by Gasteiger charge is 2.16. The van der Waals surface area contributed by atoms with Crippen molar-refractivity contribution in [3.05, 3.63) is 38.4 Å². The molecule has 0 spiro atoms. The van der Waals surface area contributed by atoms with Crippen LogP contribution in [0.5, 0.6) is 0 Å². The van der Waals surface area contributed by atoms with E-state index in [1.54, 1.807) is 23.6 Å². The van der Waals surface area contributed by atoms with Gasteiger partial charge in [-0.15, -0.1) is 22.7 Å². The van der Waals surface area contributed by atoms with E-state index < -0.39 is 10.0 Å². The Morgan fingerprint density at radius 1 is 1.39 bits per heavy atom. The van der Waals surface area contributed by atoms with Crippen LogP contribution in [0.4, 0.5) is 0 Å². The van der Waals surface area contributed by atoms with Crippen LogP contribution in [0, 0.1) is 0 Å². The average Bonchev–Trinajstić information content (AvgIpc) is 2.95. The van der Waals surface area contributed by atoms with Gasteiger partial charge < -0.3 is 5.73 Å². The van der Waals surface area contributed by atoms with Gasteiger partial charge in [0.2, 0.25) is 10.0 Å². The highest BCUT2D eigenvalue weighted by atomic mass is 35.5. The lowest BCUT2D eigenvalue weighted by Gasteiger charge is -2.02. The highest BCUT2D eigenvalue weighted by Crippen LogP contribution is 2.23. The number of nitrogens with one attached hydrogen (secondary N) is 1. The Morgan fingerprint density at radius 2 is 2.17 bits per heavy atom. The number of sulfonamides is 1. The third-order valence-corrected chi connectivity index (χ3v) is 6.32. The monoisotopic (exact) mass is 322 g/mol. The zero-order valence-corrected chi connectivity index (χ0v) is 12.4. The Kier molecular flexibility index (Phi) is 4.41. The van der Waals surface area contributed by atoms with E-state index in [4.69, 9.17) is 17.3 Å². The van der Waals surface area contributed by atoms with Crippen molar-refractivity contribution >= 4 is 44.3 Å². The van der Waals surface area contributed by atoms with Crippen LogP contribution in [0.15, 0.2) is 27.8 Å². The first kappa shape index (κ1) is 14.0. The molecule has 0 aromatic carbocycles. The number of thiophene rings is 2. The summed E-state index contributed by atoms with van der Waals surface area (Å²) in [6.45, 7) is 0.585. The molecule has 0 saturated carbocycles. The van der Waals surface area contributed by atoms with Crippen LogP contribution in [0.25, 0.3) is 0 Å². The third kappa shape index (κ3) is 3.31. The molecule has 0 radical (unpaired) electrons. The van der Waals surface area contributed by atoms with Crippen molar-refractivity contribution < 1.29 is 8.42 Å². The van der Waals surface area contributed by atoms with E-state index >= 15 is 0 Å². The molecule has 0 aliphatic carbocycles. The molecule has 0 amide bonds. The standard InChI is InChI=1S/C10H11ClN2O2S3/c11-9-2-1-8(17-9)5-13-18(14,15)10-3-7(4-12)6-16-10/h1-3,6,13H,4-5,12H2. The van der Waals surface area contributed by atoms with Gasteiger partial charge in [-0.25, -0.2) is 13.1 Å². The second-order valence-electron chi connectivity index (χ2n) is 3.51. The summed E-state index contributed by atoms with van der Waals surface area (Å²) in [4.78, 5) is 0.874. The highest BCUT2D eigenvalue weighted by molar-refractivity contribution is 7.91. The summed E-state index contributed by atoms with van der Waals surface area (Å²) in [7, 11) is -3.46. The van der Waals surface area contributed by atoms with Crippen LogP contribution in [-0.2, 0) is 23.1 Å². The Bertz CT molecular complexity index is 633. The maximum Gasteiger partial charge on any atom is 0.250 e. The lowest BCUT2D eigenvalue weighted by molar-refractivity contribution is 0.584. The lowest BCUT2D eigenvalue weighted by Crippen LogP contribution is -2.21. The van der Waals surface area contributed by atoms with Crippen LogP contribution >= 0.6 is 34.3 Å². The van der Waals surface area contributed by atoms with Gasteiger partial charge in [-0.2, -0.15) is 0 Å². The Labute approximate surface area is 118 Å². The summed E-state index contributed by atoms with van der Waals surface area (Å²) in [5.41, 5.74) is 6.27. The zero-order valence-electron chi connectivity index (χ0n) is 9.22. The minimum absolute atomic E-state index is 0.246. The molecule has 0 saturated heterocycles. The van der Waals surface area contributed by atoms with Crippen molar-refractivity contribution in [2.45, 2.75) is 17.3 Å². The summed E-state index contributed by atoms with van der Waals surface area (Å²) >= 11 is 8.30. The Hall–Kier alpha value is -0.440. The summed E-state index contributed by atoms with van der Waals surface area (Å²) in [5.74, 6) is 0. The van der Waals surface area contributed by atoms with Crippen LogP contribution in [-0.4, -0.2) is 8.42 Å². The first-order valence-electron chi connectivity index (χ1n) is 5.02. The molecule has 2 rings (SSSR count). The average molecular weight is 323 g/mol. The summed E-state index contributed by atoms with van der Waals surface area (Å²) in [5, 5.41) is 1.75. The molecule has 2 heterocycles. The summed E-state index contributed by atoms with van der Waals surface area (Å²) in [6, 6.07) is 5.14. The summed E-state index contributed by atoms with van der Waals surface area (Å²) < 4.78 is 27.4. The SMILES string of the molecule is NCc1csc(S(=O)(=O)NCc2ccc(Cl)s2)c1. The molecule has 0 aliphatic rings. The van der Waals surface area contributed by atoms with Gasteiger partial charge in [0.1, 0.15) is 4.21 Å². The Balaban J connectivity index is 2.07. The van der Waals surface area contributed by atoms with Gasteiger partial charge in [-0.1, -0.05) is 11.6 Å². The molecular weight excluding hydrogens is 312 g/mol. The predicted molar refractivity (Wildman–Crippen MR) is 75.6 cm³/mol. The van der Waals surface area contributed by atoms with Crippen molar-refractivity contribution in [3.8, 4) is 0 Å². The third-order valence-electron chi connectivity index (χ3n) is 2.20. The molecule has 4 nitrogen and oxygen atoms in total. The molecule has 2 aromatic heterocycles. The van der Waals surface area contributed by atoms with E-state index in [1.807, 2.05) is 0 Å². The van der Waals surface area contributed by atoms with Gasteiger partial charge in [-0.3, -0.25) is 0 Å². The number of rotatable bonds is 5. The van der Waals surface area contributed by atoms with Crippen molar-refractivity contribution in [2.75, 3.05) is 0 Å². The molecule has 18 heavy (non-hydrogen) atoms. The fourth-order valence-corrected chi connectivity index (χ4v) is 4.68. The first-order chi connectivity index (χ1) is 8.51. The van der Waals surface area contributed by atoms with Crippen LogP contribution in [0.1, 0.15) is 10.4 Å². The van der Waals surface area contributed by atoms with E-state index in [2.05, 4.69) is 4.72 Å². The number of nitrogens with two attached hydrogens (primary N) is 1. The molecule has 98 valence electrons. The fraction of sp³-hybridized carbons (Fsp3) is 0.200. The van der Waals surface area contributed by atoms with E-state index in [9.17, 15) is 8.42 Å². The quantitative estimate of drug-likeness (QED) is 0.888. The van der Waals surface area contributed by atoms with E-state index in [0.717, 1.165) is 10.4 Å². The second kappa shape index (κ2) is 5.68. The molecule has 8 heteroatoms. The molecule has 2 aromatic rings. The van der Waals surface area contributed by atoms with Crippen LogP contribution < -0.4 is 10.5 Å². The number of hydrogen-bond acceptors (Lipinski definition) is 5. The number of hydrogen-bond donors (Lipinski definition) is 2. The van der Waals surface area contributed by atoms with Crippen LogP contribution in [0.3, 0.4) is 0 Å². The normalized spacial score (nSPS) is 11.9. The molecule has 0 fully saturated rings. The molecular formula is C10H11ClN2O2S3. The smallest absolute Gasteiger partial charge is 0.250 e. The molecule has 0 aliphatic heterocycles. The molecule has 0 unspecified atom stereocenters. The Morgan fingerprint density at radius 3 is 2.72 bits per heavy atom. The molecule has 0 bridgehead atoms. The molecule has 3 N–H and O–H groups in total. The summed E-state index contributed by atoms with van der Waals surface area (Å²) in [6.07, 6.45) is 0. The van der Waals surface area contributed by atoms with Gasteiger partial charge in [0.15, 0.2) is 0 Å². The fourth-order valence-electron chi connectivity index (χ4n) is 1.29. The lowest BCUT2D eigenvalue weighted by atomic mass is 10.4. The largest absolute Gasteiger partial charge is 0.326 e. The van der Waals surface area contributed by atoms with Crippen molar-refractivity contribution in [1.82, 2.24) is 4.72 Å². The van der Waals surface area contributed by atoms with Crippen LogP contribution in [0.2, 0.25) is 4.34 Å². The van der Waals surface area contributed by atoms with E-state index in [0.29, 0.717) is 10.9 Å². The zero-order chi connectivity index (χ0) is 13.2. The van der Waals surface area contributed by atoms with Gasteiger partial charge in [0.05, 0.1) is 4.34 Å². The maximum atomic E-state index is 12.0. The second-order valence-corrected chi connectivity index (χ2v) is 8.21. The van der Waals surface area contributed by atoms with E-state index in [1.165, 1.54) is 22.7 Å².